The van der Waals surface area contributed by atoms with Crippen molar-refractivity contribution >= 4 is 5.91 Å². The fourth-order valence-corrected chi connectivity index (χ4v) is 1.78. The Morgan fingerprint density at radius 2 is 1.93 bits per heavy atom. The van der Waals surface area contributed by atoms with Gasteiger partial charge < -0.3 is 5.32 Å². The van der Waals surface area contributed by atoms with E-state index in [0.29, 0.717) is 6.42 Å². The van der Waals surface area contributed by atoms with Crippen LogP contribution in [0.4, 0.5) is 4.39 Å². The monoisotopic (exact) mass is 220 g/mol. The summed E-state index contributed by atoms with van der Waals surface area (Å²) >= 11 is 0. The second-order valence-corrected chi connectivity index (χ2v) is 5.22. The van der Waals surface area contributed by atoms with Crippen molar-refractivity contribution in [2.45, 2.75) is 39.7 Å². The number of halogens is 1. The first-order valence-corrected chi connectivity index (χ1v) is 4.91. The molecule has 0 saturated heterocycles. The number of rotatable bonds is 6. The molecule has 0 aromatic carbocycles. The lowest BCUT2D eigenvalue weighted by atomic mass is 9.81. The van der Waals surface area contributed by atoms with Gasteiger partial charge in [-0.25, -0.2) is 5.90 Å². The molecule has 0 atom stereocenters. The normalized spacial score (nSPS) is 12.7. The van der Waals surface area contributed by atoms with E-state index >= 15 is 0 Å². The molecule has 0 aromatic heterocycles. The van der Waals surface area contributed by atoms with Crippen molar-refractivity contribution in [3.8, 4) is 0 Å². The Morgan fingerprint density at radius 1 is 1.40 bits per heavy atom. The molecule has 0 aliphatic rings. The molecule has 0 heterocycles. The second-order valence-electron chi connectivity index (χ2n) is 5.22. The molecule has 4 nitrogen and oxygen atoms in total. The summed E-state index contributed by atoms with van der Waals surface area (Å²) in [7, 11) is 0. The lowest BCUT2D eigenvalue weighted by Gasteiger charge is -2.33. The second kappa shape index (κ2) is 5.42. The Bertz CT molecular complexity index is 217. The molecule has 5 heteroatoms. The fourth-order valence-electron chi connectivity index (χ4n) is 1.78. The van der Waals surface area contributed by atoms with E-state index in [1.54, 1.807) is 0 Å². The molecule has 0 saturated carbocycles. The Hall–Kier alpha value is -0.680. The number of amides is 1. The highest BCUT2D eigenvalue weighted by Gasteiger charge is 2.29. The first-order valence-electron chi connectivity index (χ1n) is 4.91. The van der Waals surface area contributed by atoms with Gasteiger partial charge in [0.25, 0.3) is 0 Å². The quantitative estimate of drug-likeness (QED) is 0.660. The molecule has 0 rings (SSSR count). The van der Waals surface area contributed by atoms with Crippen molar-refractivity contribution in [1.29, 1.82) is 0 Å². The number of carbonyl (C=O) groups is 1. The Labute approximate surface area is 90.3 Å². The molecule has 0 aliphatic heterocycles. The van der Waals surface area contributed by atoms with Gasteiger partial charge in [-0.05, 0) is 25.7 Å². The van der Waals surface area contributed by atoms with E-state index < -0.39 is 17.6 Å². The van der Waals surface area contributed by atoms with E-state index in [-0.39, 0.29) is 12.5 Å². The molecule has 0 unspecified atom stereocenters. The van der Waals surface area contributed by atoms with Crippen LogP contribution in [0.25, 0.3) is 0 Å². The molecule has 0 radical (unpaired) electrons. The summed E-state index contributed by atoms with van der Waals surface area (Å²) < 4.78 is 12.6. The predicted octanol–water partition coefficient (Wildman–Crippen LogP) is 1.16. The number of alkyl halides is 1. The van der Waals surface area contributed by atoms with Crippen LogP contribution < -0.4 is 11.2 Å². The smallest absolute Gasteiger partial charge is 0.248 e. The van der Waals surface area contributed by atoms with Gasteiger partial charge in [-0.15, -0.1) is 0 Å². The molecular formula is C10H21FN2O2. The maximum absolute atomic E-state index is 12.6. The molecular weight excluding hydrogens is 199 g/mol. The van der Waals surface area contributed by atoms with Crippen LogP contribution in [0, 0.1) is 5.41 Å². The van der Waals surface area contributed by atoms with Crippen LogP contribution in [0.5, 0.6) is 0 Å². The highest BCUT2D eigenvalue weighted by atomic mass is 19.1. The molecule has 15 heavy (non-hydrogen) atoms. The van der Waals surface area contributed by atoms with Gasteiger partial charge in [-0.3, -0.25) is 14.0 Å². The van der Waals surface area contributed by atoms with Gasteiger partial charge in [-0.1, -0.05) is 13.8 Å². The Morgan fingerprint density at radius 3 is 2.33 bits per heavy atom. The van der Waals surface area contributed by atoms with Crippen molar-refractivity contribution in [1.82, 2.24) is 5.32 Å². The lowest BCUT2D eigenvalue weighted by Crippen LogP contribution is -2.48. The van der Waals surface area contributed by atoms with Gasteiger partial charge >= 0.3 is 0 Å². The maximum Gasteiger partial charge on any atom is 0.248 e. The van der Waals surface area contributed by atoms with Gasteiger partial charge in [-0.2, -0.15) is 0 Å². The highest BCUT2D eigenvalue weighted by molar-refractivity contribution is 5.77. The summed E-state index contributed by atoms with van der Waals surface area (Å²) in [4.78, 5) is 15.4. The van der Waals surface area contributed by atoms with Gasteiger partial charge in [0.15, 0.2) is 0 Å². The topological polar surface area (TPSA) is 64.3 Å². The average molecular weight is 220 g/mol. The fraction of sp³-hybridized carbons (Fsp3) is 0.900. The Kier molecular flexibility index (Phi) is 5.17. The number of hydrogen-bond acceptors (Lipinski definition) is 3. The summed E-state index contributed by atoms with van der Waals surface area (Å²) in [5, 5.41) is 2.74. The Balaban J connectivity index is 4.24. The van der Waals surface area contributed by atoms with Crippen LogP contribution in [-0.4, -0.2) is 24.7 Å². The number of carbonyl (C=O) groups excluding carboxylic acids is 1. The van der Waals surface area contributed by atoms with Gasteiger partial charge in [0.1, 0.15) is 6.61 Å². The zero-order chi connectivity index (χ0) is 12.1. The lowest BCUT2D eigenvalue weighted by molar-refractivity contribution is -0.127. The van der Waals surface area contributed by atoms with Gasteiger partial charge in [0, 0.05) is 5.54 Å². The first kappa shape index (κ1) is 14.3. The SMILES string of the molecule is CC(C)(CF)CC(C)(C)NC(=O)CON. The summed E-state index contributed by atoms with van der Waals surface area (Å²) in [6.07, 6.45) is 0.548. The first-order chi connectivity index (χ1) is 6.72. The summed E-state index contributed by atoms with van der Waals surface area (Å²) in [5.74, 6) is 4.49. The molecule has 1 amide bonds. The third-order valence-corrected chi connectivity index (χ3v) is 1.97. The molecule has 3 N–H and O–H groups in total. The van der Waals surface area contributed by atoms with Crippen LogP contribution in [0.2, 0.25) is 0 Å². The molecule has 0 spiro atoms. The zero-order valence-corrected chi connectivity index (χ0v) is 9.89. The molecule has 0 bridgehead atoms. The van der Waals surface area contributed by atoms with E-state index in [2.05, 4.69) is 10.2 Å². The molecule has 0 aromatic rings. The zero-order valence-electron chi connectivity index (χ0n) is 9.89. The highest BCUT2D eigenvalue weighted by Crippen LogP contribution is 2.28. The largest absolute Gasteiger partial charge is 0.349 e. The van der Waals surface area contributed by atoms with E-state index in [1.165, 1.54) is 0 Å². The van der Waals surface area contributed by atoms with Crippen LogP contribution in [0.3, 0.4) is 0 Å². The predicted molar refractivity (Wildman–Crippen MR) is 56.7 cm³/mol. The average Bonchev–Trinajstić information content (AvgIpc) is 2.01. The van der Waals surface area contributed by atoms with Crippen LogP contribution >= 0.6 is 0 Å². The van der Waals surface area contributed by atoms with Gasteiger partial charge in [0.05, 0.1) is 6.67 Å². The summed E-state index contributed by atoms with van der Waals surface area (Å²) in [6.45, 7) is 6.73. The van der Waals surface area contributed by atoms with Crippen LogP contribution in [-0.2, 0) is 9.63 Å². The van der Waals surface area contributed by atoms with Crippen LogP contribution in [0.15, 0.2) is 0 Å². The van der Waals surface area contributed by atoms with Crippen molar-refractivity contribution in [2.24, 2.45) is 11.3 Å². The summed E-state index contributed by atoms with van der Waals surface area (Å²) in [6, 6.07) is 0. The van der Waals surface area contributed by atoms with Crippen molar-refractivity contribution in [3.05, 3.63) is 0 Å². The van der Waals surface area contributed by atoms with Crippen molar-refractivity contribution in [3.63, 3.8) is 0 Å². The number of nitrogens with two attached hydrogens (primary N) is 1. The van der Waals surface area contributed by atoms with Crippen LogP contribution in [0.1, 0.15) is 34.1 Å². The van der Waals surface area contributed by atoms with E-state index in [1.807, 2.05) is 27.7 Å². The third-order valence-electron chi connectivity index (χ3n) is 1.97. The number of nitrogens with one attached hydrogen (secondary N) is 1. The van der Waals surface area contributed by atoms with E-state index in [0.717, 1.165) is 0 Å². The minimum atomic E-state index is -0.467. The molecule has 90 valence electrons. The molecule has 0 aliphatic carbocycles. The van der Waals surface area contributed by atoms with Crippen molar-refractivity contribution in [2.75, 3.05) is 13.3 Å². The standard InChI is InChI=1S/C10H21FN2O2/c1-9(2,7-11)6-10(3,4)13-8(14)5-15-12/h5-7,12H2,1-4H3,(H,13,14). The minimum absolute atomic E-state index is 0.181. The molecule has 0 fully saturated rings. The third kappa shape index (κ3) is 6.41. The van der Waals surface area contributed by atoms with E-state index in [9.17, 15) is 9.18 Å². The minimum Gasteiger partial charge on any atom is -0.349 e. The van der Waals surface area contributed by atoms with Gasteiger partial charge in [0.2, 0.25) is 5.91 Å². The summed E-state index contributed by atoms with van der Waals surface area (Å²) in [5.41, 5.74) is -0.911. The van der Waals surface area contributed by atoms with E-state index in [4.69, 9.17) is 5.90 Å². The maximum atomic E-state index is 12.6. The van der Waals surface area contributed by atoms with Crippen molar-refractivity contribution < 1.29 is 14.0 Å². The number of hydrogen-bond donors (Lipinski definition) is 2.